The van der Waals surface area contributed by atoms with Gasteiger partial charge in [0.1, 0.15) is 0 Å². The molecule has 0 aliphatic rings. The zero-order valence-electron chi connectivity index (χ0n) is 18.9. The van der Waals surface area contributed by atoms with Crippen LogP contribution < -0.4 is 0 Å². The van der Waals surface area contributed by atoms with Gasteiger partial charge in [-0.1, -0.05) is 6.92 Å². The molecule has 0 radical (unpaired) electrons. The molecular formula is C17H34O10S2. The number of thiol groups is 1. The Balaban J connectivity index is -0.000000372. The van der Waals surface area contributed by atoms with E-state index in [0.29, 0.717) is 6.42 Å². The fourth-order valence-corrected chi connectivity index (χ4v) is 1.99. The maximum Gasteiger partial charge on any atom is 0.310 e. The highest BCUT2D eigenvalue weighted by Crippen LogP contribution is 2.04. The van der Waals surface area contributed by atoms with E-state index in [-0.39, 0.29) is 37.0 Å². The first kappa shape index (κ1) is 29.8. The molecule has 12 heteroatoms. The number of aliphatic hydroxyl groups is 1. The van der Waals surface area contributed by atoms with E-state index in [1.165, 1.54) is 28.3 Å². The number of ether oxygens (including phenoxy) is 3. The number of aliphatic hydroxyl groups excluding tert-OH is 1. The van der Waals surface area contributed by atoms with Gasteiger partial charge in [0.2, 0.25) is 0 Å². The van der Waals surface area contributed by atoms with E-state index in [1.54, 1.807) is 13.8 Å². The zero-order chi connectivity index (χ0) is 24.5. The maximum atomic E-state index is 10.7. The van der Waals surface area contributed by atoms with Gasteiger partial charge in [0.05, 0.1) is 58.6 Å². The largest absolute Gasteiger partial charge is 0.469 e. The minimum Gasteiger partial charge on any atom is -0.469 e. The molecule has 1 unspecified atom stereocenters. The Bertz CT molecular complexity index is 595. The summed E-state index contributed by atoms with van der Waals surface area (Å²) < 4.78 is 45.5. The molecule has 174 valence electrons. The molecule has 10 nitrogen and oxygen atoms in total. The number of carbonyl (C=O) groups excluding carboxylic acids is 3. The Labute approximate surface area is 180 Å². The van der Waals surface area contributed by atoms with E-state index >= 15 is 0 Å². The van der Waals surface area contributed by atoms with Gasteiger partial charge in [0.25, 0.3) is 10.1 Å². The van der Waals surface area contributed by atoms with Crippen LogP contribution in [0.1, 0.15) is 28.6 Å². The molecular weight excluding hydrogens is 428 g/mol. The molecule has 0 aliphatic heterocycles. The van der Waals surface area contributed by atoms with Gasteiger partial charge in [-0.15, -0.1) is 0 Å². The number of esters is 3. The molecule has 0 aromatic rings. The van der Waals surface area contributed by atoms with Crippen molar-refractivity contribution in [3.8, 4) is 0 Å². The average molecular weight is 465 g/mol. The standard InChI is InChI=1S/C6H12O5S.C6H12O2S.C5H10O3/c1-5(6(7)10-2)4-11-12(3,8)9;1-5(3-4-9)6(7)8-2;1-4(3-6)5(7)8-2/h5H,4H2,1-3H3;5,9H,3-4H2,1-2H3;4,6H,3H2,1-2H3/t2*5-;4-/m000/s1/i;4T;/t;4?,5-;. The second kappa shape index (κ2) is 18.6. The van der Waals surface area contributed by atoms with Crippen molar-refractivity contribution in [3.63, 3.8) is 0 Å². The Kier molecular flexibility index (Phi) is 19.2. The van der Waals surface area contributed by atoms with Crippen molar-refractivity contribution in [2.75, 3.05) is 46.5 Å². The summed E-state index contributed by atoms with van der Waals surface area (Å²) in [4.78, 5) is 31.8. The molecule has 0 saturated heterocycles. The van der Waals surface area contributed by atoms with Gasteiger partial charge < -0.3 is 19.3 Å². The van der Waals surface area contributed by atoms with Crippen molar-refractivity contribution >= 4 is 40.7 Å². The summed E-state index contributed by atoms with van der Waals surface area (Å²) in [5.74, 6) is -2.30. The van der Waals surface area contributed by atoms with Crippen LogP contribution in [-0.4, -0.2) is 78.0 Å². The van der Waals surface area contributed by atoms with E-state index in [0.717, 1.165) is 6.26 Å². The first-order valence-corrected chi connectivity index (χ1v) is 10.8. The number of methoxy groups -OCH3 is 3. The van der Waals surface area contributed by atoms with Gasteiger partial charge in [-0.25, -0.2) is 0 Å². The summed E-state index contributed by atoms with van der Waals surface area (Å²) in [6.07, 6.45) is 1.37. The molecule has 0 saturated carbocycles. The molecule has 0 aliphatic carbocycles. The van der Waals surface area contributed by atoms with Gasteiger partial charge in [-0.05, 0) is 26.0 Å². The summed E-state index contributed by atoms with van der Waals surface area (Å²) in [6, 6.07) is 0. The first-order valence-electron chi connectivity index (χ1n) is 9.03. The zero-order valence-corrected chi connectivity index (χ0v) is 19.6. The SMILES string of the molecule is COC(=O)[C@@H](C)CO.COC(=O)[C@@H](C)COS(C)(=O)=O.[3H]C(S)C[C@H](C)C(=O)OC. The molecule has 0 amide bonds. The summed E-state index contributed by atoms with van der Waals surface area (Å²) in [5.41, 5.74) is -0.492. The van der Waals surface area contributed by atoms with E-state index in [1.807, 2.05) is 0 Å². The number of hydrogen-bond acceptors (Lipinski definition) is 11. The Hall–Kier alpha value is -1.37. The van der Waals surface area contributed by atoms with E-state index in [2.05, 4.69) is 31.0 Å². The monoisotopic (exact) mass is 464 g/mol. The van der Waals surface area contributed by atoms with Gasteiger partial charge in [0, 0.05) is 1.37 Å². The van der Waals surface area contributed by atoms with Crippen LogP contribution in [0.25, 0.3) is 0 Å². The fourth-order valence-electron chi connectivity index (χ4n) is 1.23. The minimum absolute atomic E-state index is 0.146. The van der Waals surface area contributed by atoms with Crippen molar-refractivity contribution in [2.24, 2.45) is 17.8 Å². The Morgan fingerprint density at radius 1 is 0.931 bits per heavy atom. The molecule has 0 bridgehead atoms. The lowest BCUT2D eigenvalue weighted by Crippen LogP contribution is -2.20. The van der Waals surface area contributed by atoms with Gasteiger partial charge in [-0.3, -0.25) is 18.6 Å². The van der Waals surface area contributed by atoms with Crippen LogP contribution in [0, 0.1) is 17.8 Å². The van der Waals surface area contributed by atoms with Crippen molar-refractivity contribution in [1.29, 1.82) is 0 Å². The predicted molar refractivity (Wildman–Crippen MR) is 110 cm³/mol. The average Bonchev–Trinajstić information content (AvgIpc) is 2.69. The van der Waals surface area contributed by atoms with Crippen LogP contribution in [-0.2, 0) is 42.9 Å². The van der Waals surface area contributed by atoms with Crippen molar-refractivity contribution < 1.29 is 47.7 Å². The van der Waals surface area contributed by atoms with Crippen molar-refractivity contribution in [2.45, 2.75) is 27.2 Å². The second-order valence-corrected chi connectivity index (χ2v) is 7.87. The van der Waals surface area contributed by atoms with Gasteiger partial charge in [0.15, 0.2) is 0 Å². The molecule has 29 heavy (non-hydrogen) atoms. The van der Waals surface area contributed by atoms with E-state index in [9.17, 15) is 22.8 Å². The third kappa shape index (κ3) is 21.2. The van der Waals surface area contributed by atoms with Gasteiger partial charge >= 0.3 is 17.9 Å². The van der Waals surface area contributed by atoms with Crippen LogP contribution in [0.2, 0.25) is 0 Å². The topological polar surface area (TPSA) is 142 Å². The van der Waals surface area contributed by atoms with Crippen LogP contribution >= 0.6 is 12.6 Å². The lowest BCUT2D eigenvalue weighted by Gasteiger charge is -2.07. The second-order valence-electron chi connectivity index (χ2n) is 5.86. The van der Waals surface area contributed by atoms with E-state index in [4.69, 9.17) is 6.48 Å². The maximum absolute atomic E-state index is 10.7. The predicted octanol–water partition coefficient (Wildman–Crippen LogP) is 0.675. The smallest absolute Gasteiger partial charge is 0.310 e. The highest BCUT2D eigenvalue weighted by atomic mass is 32.2. The Morgan fingerprint density at radius 3 is 1.59 bits per heavy atom. The van der Waals surface area contributed by atoms with Crippen LogP contribution in [0.15, 0.2) is 0 Å². The van der Waals surface area contributed by atoms with Crippen LogP contribution in [0.3, 0.4) is 0 Å². The summed E-state index contributed by atoms with van der Waals surface area (Å²) in [6.45, 7) is 4.53. The molecule has 0 aromatic heterocycles. The summed E-state index contributed by atoms with van der Waals surface area (Å²) in [7, 11) is 0.410. The first-order chi connectivity index (χ1) is 13.7. The molecule has 4 atom stereocenters. The third-order valence-electron chi connectivity index (χ3n) is 3.08. The highest BCUT2D eigenvalue weighted by molar-refractivity contribution is 7.86. The summed E-state index contributed by atoms with van der Waals surface area (Å²) in [5, 5.41) is 8.34. The normalized spacial score (nSPS) is 14.9. The lowest BCUT2D eigenvalue weighted by molar-refractivity contribution is -0.146. The van der Waals surface area contributed by atoms with Crippen molar-refractivity contribution in [3.05, 3.63) is 0 Å². The molecule has 0 aromatic carbocycles. The summed E-state index contributed by atoms with van der Waals surface area (Å²) >= 11 is 3.83. The number of hydrogen-bond donors (Lipinski definition) is 2. The van der Waals surface area contributed by atoms with Gasteiger partial charge in [-0.2, -0.15) is 21.0 Å². The fraction of sp³-hybridized carbons (Fsp3) is 0.824. The molecule has 0 fully saturated rings. The number of carbonyl (C=O) groups is 3. The lowest BCUT2D eigenvalue weighted by atomic mass is 10.1. The van der Waals surface area contributed by atoms with E-state index < -0.39 is 27.7 Å². The highest BCUT2D eigenvalue weighted by Gasteiger charge is 2.15. The molecule has 0 heterocycles. The van der Waals surface area contributed by atoms with Crippen LogP contribution in [0.5, 0.6) is 0 Å². The Morgan fingerprint density at radius 2 is 1.31 bits per heavy atom. The van der Waals surface area contributed by atoms with Crippen molar-refractivity contribution in [1.82, 2.24) is 0 Å². The van der Waals surface area contributed by atoms with Crippen LogP contribution in [0.4, 0.5) is 0 Å². The molecule has 1 N–H and O–H groups in total. The molecule has 0 spiro atoms. The third-order valence-corrected chi connectivity index (χ3v) is 3.85. The quantitative estimate of drug-likeness (QED) is 0.216. The minimum atomic E-state index is -3.47. The number of rotatable bonds is 9. The molecule has 0 rings (SSSR count).